The molecule has 70 valence electrons. The van der Waals surface area contributed by atoms with Gasteiger partial charge in [0, 0.05) is 0 Å². The number of hydrogen-bond acceptors (Lipinski definition) is 5. The summed E-state index contributed by atoms with van der Waals surface area (Å²) in [5.41, 5.74) is 0. The molecule has 1 N–H and O–H groups in total. The van der Waals surface area contributed by atoms with Crippen molar-refractivity contribution in [2.45, 2.75) is 0 Å². The molecule has 0 fully saturated rings. The van der Waals surface area contributed by atoms with Gasteiger partial charge in [-0.3, -0.25) is 14.8 Å². The second-order valence-corrected chi connectivity index (χ2v) is 4.45. The molecule has 0 saturated carbocycles. The first-order valence-electron chi connectivity index (χ1n) is 2.72. The summed E-state index contributed by atoms with van der Waals surface area (Å²) < 4.78 is 23.2. The van der Waals surface area contributed by atoms with Crippen LogP contribution in [0.5, 0.6) is 0 Å². The molecule has 0 aromatic carbocycles. The van der Waals surface area contributed by atoms with E-state index in [0.717, 1.165) is 18.0 Å². The lowest BCUT2D eigenvalue weighted by Crippen LogP contribution is -2.20. The molecule has 8 heteroatoms. The number of sulfonamides is 1. The highest BCUT2D eigenvalue weighted by Gasteiger charge is 2.06. The molecular weight excluding hydrogens is 204 g/mol. The molecule has 0 bridgehead atoms. The van der Waals surface area contributed by atoms with Gasteiger partial charge in [0.25, 0.3) is 6.20 Å². The Balaban J connectivity index is 4.50. The molecular formula is C4H8N2O4S2. The lowest BCUT2D eigenvalue weighted by molar-refractivity contribution is -0.403. The van der Waals surface area contributed by atoms with E-state index in [1.807, 2.05) is 4.72 Å². The van der Waals surface area contributed by atoms with Crippen molar-refractivity contribution in [1.29, 1.82) is 0 Å². The van der Waals surface area contributed by atoms with Crippen molar-refractivity contribution in [3.05, 3.63) is 21.3 Å². The highest BCUT2D eigenvalue weighted by molar-refractivity contribution is 8.03. The van der Waals surface area contributed by atoms with Gasteiger partial charge < -0.3 is 0 Å². The highest BCUT2D eigenvalue weighted by atomic mass is 32.2. The smallest absolute Gasteiger partial charge is 0.264 e. The largest absolute Gasteiger partial charge is 0.272 e. The lowest BCUT2D eigenvalue weighted by Gasteiger charge is -2.01. The summed E-state index contributed by atoms with van der Waals surface area (Å²) >= 11 is 0.954. The second kappa shape index (κ2) is 4.31. The molecule has 0 unspecified atom stereocenters. The van der Waals surface area contributed by atoms with Crippen molar-refractivity contribution in [3.63, 3.8) is 0 Å². The fourth-order valence-electron chi connectivity index (χ4n) is 0.399. The maximum atomic E-state index is 10.6. The van der Waals surface area contributed by atoms with Gasteiger partial charge in [-0.1, -0.05) is 0 Å². The van der Waals surface area contributed by atoms with Gasteiger partial charge in [0.1, 0.15) is 0 Å². The Hall–Kier alpha value is -0.760. The van der Waals surface area contributed by atoms with Gasteiger partial charge in [-0.05, 0) is 6.26 Å². The molecule has 0 aliphatic heterocycles. The Morgan fingerprint density at radius 1 is 1.67 bits per heavy atom. The summed E-state index contributed by atoms with van der Waals surface area (Å²) in [6.45, 7) is 0. The van der Waals surface area contributed by atoms with E-state index in [4.69, 9.17) is 0 Å². The van der Waals surface area contributed by atoms with Crippen molar-refractivity contribution in [2.75, 3.05) is 12.5 Å². The normalized spacial score (nSPS) is 12.7. The van der Waals surface area contributed by atoms with E-state index in [2.05, 4.69) is 0 Å². The van der Waals surface area contributed by atoms with Crippen molar-refractivity contribution in [3.8, 4) is 0 Å². The Morgan fingerprint density at radius 3 is 2.42 bits per heavy atom. The van der Waals surface area contributed by atoms with Crippen LogP contribution in [-0.2, 0) is 10.0 Å². The standard InChI is InChI=1S/C4H8N2O4S2/c1-11-4(3-6(7)8)5-12(2,9)10/h3,5H,1-2H3. The topological polar surface area (TPSA) is 89.3 Å². The number of hydrogen-bond donors (Lipinski definition) is 1. The first kappa shape index (κ1) is 11.2. The Labute approximate surface area is 74.2 Å². The van der Waals surface area contributed by atoms with Crippen LogP contribution in [0.3, 0.4) is 0 Å². The van der Waals surface area contributed by atoms with Crippen LogP contribution in [0, 0.1) is 10.1 Å². The van der Waals surface area contributed by atoms with Crippen LogP contribution in [0.15, 0.2) is 11.2 Å². The fourth-order valence-corrected chi connectivity index (χ4v) is 1.80. The van der Waals surface area contributed by atoms with Crippen LogP contribution in [-0.4, -0.2) is 25.9 Å². The molecule has 0 spiro atoms. The van der Waals surface area contributed by atoms with Gasteiger partial charge >= 0.3 is 0 Å². The van der Waals surface area contributed by atoms with Gasteiger partial charge in [-0.2, -0.15) is 0 Å². The van der Waals surface area contributed by atoms with E-state index in [-0.39, 0.29) is 5.03 Å². The first-order valence-corrected chi connectivity index (χ1v) is 5.84. The second-order valence-electron chi connectivity index (χ2n) is 1.86. The van der Waals surface area contributed by atoms with E-state index >= 15 is 0 Å². The van der Waals surface area contributed by atoms with Crippen LogP contribution in [0.25, 0.3) is 0 Å². The molecule has 0 aliphatic rings. The number of thioether (sulfide) groups is 1. The molecule has 0 aromatic heterocycles. The maximum Gasteiger partial charge on any atom is 0.264 e. The summed E-state index contributed by atoms with van der Waals surface area (Å²) in [4.78, 5) is 9.22. The number of nitro groups is 1. The van der Waals surface area contributed by atoms with Crippen LogP contribution < -0.4 is 4.72 Å². The molecule has 6 nitrogen and oxygen atoms in total. The van der Waals surface area contributed by atoms with Crippen LogP contribution >= 0.6 is 11.8 Å². The molecule has 0 atom stereocenters. The van der Waals surface area contributed by atoms with Gasteiger partial charge in [0.05, 0.1) is 11.2 Å². The van der Waals surface area contributed by atoms with E-state index in [0.29, 0.717) is 6.20 Å². The predicted octanol–water partition coefficient (Wildman–Crippen LogP) is -0.0258. The minimum Gasteiger partial charge on any atom is -0.272 e. The molecule has 0 saturated heterocycles. The van der Waals surface area contributed by atoms with Crippen LogP contribution in [0.1, 0.15) is 0 Å². The van der Waals surface area contributed by atoms with E-state index in [1.165, 1.54) is 6.26 Å². The summed E-state index contributed by atoms with van der Waals surface area (Å²) in [7, 11) is -3.42. The molecule has 0 radical (unpaired) electrons. The Bertz CT molecular complexity index is 294. The molecule has 0 aliphatic carbocycles. The minimum absolute atomic E-state index is 0.0116. The lowest BCUT2D eigenvalue weighted by atomic mass is 10.9. The summed E-state index contributed by atoms with van der Waals surface area (Å²) in [5, 5.41) is 9.92. The highest BCUT2D eigenvalue weighted by Crippen LogP contribution is 2.07. The summed E-state index contributed by atoms with van der Waals surface area (Å²) in [5.74, 6) is 0. The SMILES string of the molecule is CSC(=C[N+](=O)[O-])NS(C)(=O)=O. The molecule has 0 aromatic rings. The van der Waals surface area contributed by atoms with E-state index in [9.17, 15) is 18.5 Å². The molecule has 0 amide bonds. The fraction of sp³-hybridized carbons (Fsp3) is 0.500. The van der Waals surface area contributed by atoms with E-state index in [1.54, 1.807) is 0 Å². The predicted molar refractivity (Wildman–Crippen MR) is 46.6 cm³/mol. The van der Waals surface area contributed by atoms with Gasteiger partial charge in [-0.25, -0.2) is 8.42 Å². The monoisotopic (exact) mass is 212 g/mol. The molecule has 0 heterocycles. The van der Waals surface area contributed by atoms with Crippen molar-refractivity contribution in [2.24, 2.45) is 0 Å². The quantitative estimate of drug-likeness (QED) is 0.522. The van der Waals surface area contributed by atoms with Crippen molar-refractivity contribution in [1.82, 2.24) is 4.72 Å². The summed E-state index contributed by atoms with van der Waals surface area (Å²) in [6, 6.07) is 0. The molecule has 12 heavy (non-hydrogen) atoms. The zero-order valence-electron chi connectivity index (χ0n) is 6.47. The summed E-state index contributed by atoms with van der Waals surface area (Å²) in [6.07, 6.45) is 3.07. The maximum absolute atomic E-state index is 10.6. The number of nitrogens with one attached hydrogen (secondary N) is 1. The van der Waals surface area contributed by atoms with E-state index < -0.39 is 14.9 Å². The van der Waals surface area contributed by atoms with Crippen molar-refractivity contribution < 1.29 is 13.3 Å². The van der Waals surface area contributed by atoms with Gasteiger partial charge in [0.15, 0.2) is 5.03 Å². The Kier molecular flexibility index (Phi) is 4.04. The minimum atomic E-state index is -3.42. The number of nitrogens with zero attached hydrogens (tertiary/aromatic N) is 1. The third kappa shape index (κ3) is 5.98. The zero-order chi connectivity index (χ0) is 9.78. The zero-order valence-corrected chi connectivity index (χ0v) is 8.11. The average Bonchev–Trinajstić information content (AvgIpc) is 1.82. The third-order valence-corrected chi connectivity index (χ3v) is 2.10. The molecule has 0 rings (SSSR count). The van der Waals surface area contributed by atoms with Crippen LogP contribution in [0.4, 0.5) is 0 Å². The number of rotatable bonds is 4. The first-order chi connectivity index (χ1) is 5.35. The van der Waals surface area contributed by atoms with Crippen molar-refractivity contribution >= 4 is 21.8 Å². The van der Waals surface area contributed by atoms with Crippen LogP contribution in [0.2, 0.25) is 0 Å². The van der Waals surface area contributed by atoms with Gasteiger partial charge in [-0.15, -0.1) is 11.8 Å². The average molecular weight is 212 g/mol. The Morgan fingerprint density at radius 2 is 2.17 bits per heavy atom. The third-order valence-electron chi connectivity index (χ3n) is 0.729. The van der Waals surface area contributed by atoms with Gasteiger partial charge in [0.2, 0.25) is 10.0 Å².